The SMILES string of the molecule is CO[C@@H]1CC[C@@]2(C)[C@]3(C)C[C@@H](C4=CCOC4=O)O[C@]3(C)CC[C@]2(C)[C@]1(C)C(=O)O. The molecule has 4 rings (SSSR count). The van der Waals surface area contributed by atoms with Crippen molar-refractivity contribution in [2.45, 2.75) is 84.5 Å². The lowest BCUT2D eigenvalue weighted by atomic mass is 9.33. The Kier molecular flexibility index (Phi) is 4.36. The van der Waals surface area contributed by atoms with Gasteiger partial charge in [0, 0.05) is 12.5 Å². The molecule has 0 amide bonds. The first-order valence-electron chi connectivity index (χ1n) is 10.7. The highest BCUT2D eigenvalue weighted by Crippen LogP contribution is 2.77. The molecule has 6 heteroatoms. The van der Waals surface area contributed by atoms with E-state index in [1.165, 1.54) is 0 Å². The Morgan fingerprint density at radius 3 is 2.34 bits per heavy atom. The number of cyclic esters (lactones) is 1. The highest BCUT2D eigenvalue weighted by atomic mass is 16.5. The number of carboxylic acids is 1. The molecule has 2 aliphatic heterocycles. The Morgan fingerprint density at radius 1 is 1.10 bits per heavy atom. The minimum absolute atomic E-state index is 0.281. The summed E-state index contributed by atoms with van der Waals surface area (Å²) in [6, 6.07) is 0. The minimum atomic E-state index is -0.997. The number of carbonyl (C=O) groups excluding carboxylic acids is 1. The summed E-state index contributed by atoms with van der Waals surface area (Å²) >= 11 is 0. The summed E-state index contributed by atoms with van der Waals surface area (Å²) in [7, 11) is 1.62. The van der Waals surface area contributed by atoms with Gasteiger partial charge < -0.3 is 19.3 Å². The van der Waals surface area contributed by atoms with Gasteiger partial charge in [0.2, 0.25) is 0 Å². The average molecular weight is 407 g/mol. The normalized spacial score (nSPS) is 51.8. The maximum absolute atomic E-state index is 12.7. The molecule has 7 atom stereocenters. The van der Waals surface area contributed by atoms with Crippen LogP contribution in [0.3, 0.4) is 0 Å². The van der Waals surface area contributed by atoms with Crippen LogP contribution in [0.1, 0.15) is 66.7 Å². The molecule has 0 aromatic carbocycles. The number of hydrogen-bond donors (Lipinski definition) is 1. The van der Waals surface area contributed by atoms with Crippen molar-refractivity contribution in [1.29, 1.82) is 0 Å². The van der Waals surface area contributed by atoms with Crippen molar-refractivity contribution < 1.29 is 28.9 Å². The standard InChI is InChI=1S/C23H34O6/c1-19-9-7-16(27-6)23(5,18(25)26)20(19,2)10-11-22(4)21(19,3)13-15(29-22)14-8-12-28-17(14)24/h8,15-16H,7,9-13H2,1-6H3,(H,25,26)/t15-,16+,19+,20-,21-,22+,23-/m0/s1. The second-order valence-electron chi connectivity index (χ2n) is 10.6. The zero-order valence-electron chi connectivity index (χ0n) is 18.5. The second kappa shape index (κ2) is 6.07. The molecular formula is C23H34O6. The van der Waals surface area contributed by atoms with E-state index < -0.39 is 22.4 Å². The largest absolute Gasteiger partial charge is 0.481 e. The van der Waals surface area contributed by atoms with E-state index in [-0.39, 0.29) is 29.0 Å². The first-order chi connectivity index (χ1) is 13.4. The molecule has 162 valence electrons. The zero-order chi connectivity index (χ0) is 21.5. The maximum atomic E-state index is 12.7. The zero-order valence-corrected chi connectivity index (χ0v) is 18.5. The Morgan fingerprint density at radius 2 is 1.79 bits per heavy atom. The van der Waals surface area contributed by atoms with Gasteiger partial charge in [0.1, 0.15) is 6.61 Å². The average Bonchev–Trinajstić information content (AvgIpc) is 3.20. The minimum Gasteiger partial charge on any atom is -0.481 e. The molecule has 0 spiro atoms. The summed E-state index contributed by atoms with van der Waals surface area (Å²) in [6.07, 6.45) is 4.99. The molecule has 4 aliphatic rings. The maximum Gasteiger partial charge on any atom is 0.336 e. The van der Waals surface area contributed by atoms with Gasteiger partial charge in [-0.3, -0.25) is 4.79 Å². The summed E-state index contributed by atoms with van der Waals surface area (Å²) in [5.74, 6) is -1.07. The van der Waals surface area contributed by atoms with Gasteiger partial charge in [-0.05, 0) is 62.9 Å². The van der Waals surface area contributed by atoms with Crippen LogP contribution in [0, 0.1) is 21.7 Å². The van der Waals surface area contributed by atoms with Crippen molar-refractivity contribution in [2.24, 2.45) is 21.7 Å². The van der Waals surface area contributed by atoms with E-state index in [2.05, 4.69) is 27.7 Å². The molecule has 1 N–H and O–H groups in total. The van der Waals surface area contributed by atoms with Crippen LogP contribution in [0.4, 0.5) is 0 Å². The molecule has 0 bridgehead atoms. The van der Waals surface area contributed by atoms with Gasteiger partial charge in [-0.2, -0.15) is 0 Å². The van der Waals surface area contributed by atoms with Gasteiger partial charge in [-0.15, -0.1) is 0 Å². The third-order valence-electron chi connectivity index (χ3n) is 10.2. The lowest BCUT2D eigenvalue weighted by Gasteiger charge is -2.71. The number of esters is 1. The van der Waals surface area contributed by atoms with Crippen LogP contribution >= 0.6 is 0 Å². The number of methoxy groups -OCH3 is 1. The molecule has 2 heterocycles. The van der Waals surface area contributed by atoms with Crippen molar-refractivity contribution in [1.82, 2.24) is 0 Å². The van der Waals surface area contributed by atoms with Gasteiger partial charge >= 0.3 is 11.9 Å². The van der Waals surface area contributed by atoms with E-state index in [1.807, 2.05) is 13.0 Å². The summed E-state index contributed by atoms with van der Waals surface area (Å²) in [5, 5.41) is 10.4. The highest BCUT2D eigenvalue weighted by Gasteiger charge is 2.77. The number of rotatable bonds is 3. The van der Waals surface area contributed by atoms with Crippen molar-refractivity contribution in [2.75, 3.05) is 13.7 Å². The van der Waals surface area contributed by atoms with E-state index in [0.717, 1.165) is 19.3 Å². The summed E-state index contributed by atoms with van der Waals surface area (Å²) in [6.45, 7) is 11.0. The highest BCUT2D eigenvalue weighted by molar-refractivity contribution is 5.91. The number of ether oxygens (including phenoxy) is 3. The molecule has 1 saturated heterocycles. The quantitative estimate of drug-likeness (QED) is 0.719. The van der Waals surface area contributed by atoms with E-state index in [9.17, 15) is 14.7 Å². The van der Waals surface area contributed by atoms with Crippen LogP contribution in [0.25, 0.3) is 0 Å². The predicted molar refractivity (Wildman–Crippen MR) is 106 cm³/mol. The number of carbonyl (C=O) groups is 2. The van der Waals surface area contributed by atoms with Crippen molar-refractivity contribution >= 4 is 11.9 Å². The molecule has 2 saturated carbocycles. The fourth-order valence-corrected chi connectivity index (χ4v) is 7.58. The number of fused-ring (bicyclic) bond motifs is 3. The van der Waals surface area contributed by atoms with E-state index in [0.29, 0.717) is 25.0 Å². The van der Waals surface area contributed by atoms with Crippen molar-refractivity contribution in [3.63, 3.8) is 0 Å². The summed E-state index contributed by atoms with van der Waals surface area (Å²) in [5.41, 5.74) is -1.83. The fraction of sp³-hybridized carbons (Fsp3) is 0.826. The van der Waals surface area contributed by atoms with E-state index >= 15 is 0 Å². The van der Waals surface area contributed by atoms with E-state index in [4.69, 9.17) is 14.2 Å². The first kappa shape index (κ1) is 20.9. The van der Waals surface area contributed by atoms with Crippen LogP contribution in [0.5, 0.6) is 0 Å². The van der Waals surface area contributed by atoms with Gasteiger partial charge in [-0.25, -0.2) is 4.79 Å². The van der Waals surface area contributed by atoms with Crippen LogP contribution in [0.15, 0.2) is 11.6 Å². The number of aliphatic carboxylic acids is 1. The molecule has 6 nitrogen and oxygen atoms in total. The molecule has 0 aromatic heterocycles. The lowest BCUT2D eigenvalue weighted by molar-refractivity contribution is -0.272. The van der Waals surface area contributed by atoms with Crippen LogP contribution in [0.2, 0.25) is 0 Å². The Balaban J connectivity index is 1.82. The molecule has 2 aliphatic carbocycles. The van der Waals surface area contributed by atoms with E-state index in [1.54, 1.807) is 7.11 Å². The Labute approximate surface area is 173 Å². The molecule has 0 unspecified atom stereocenters. The van der Waals surface area contributed by atoms with Crippen molar-refractivity contribution in [3.8, 4) is 0 Å². The van der Waals surface area contributed by atoms with Gasteiger partial charge in [0.05, 0.1) is 28.8 Å². The topological polar surface area (TPSA) is 82.1 Å². The van der Waals surface area contributed by atoms with Gasteiger partial charge in [0.15, 0.2) is 0 Å². The fourth-order valence-electron chi connectivity index (χ4n) is 7.58. The molecule has 0 aromatic rings. The summed E-state index contributed by atoms with van der Waals surface area (Å²) < 4.78 is 17.5. The Hall–Kier alpha value is -1.40. The predicted octanol–water partition coefficient (Wildman–Crippen LogP) is 3.73. The number of hydrogen-bond acceptors (Lipinski definition) is 5. The molecule has 0 radical (unpaired) electrons. The smallest absolute Gasteiger partial charge is 0.336 e. The molecule has 29 heavy (non-hydrogen) atoms. The van der Waals surface area contributed by atoms with Crippen LogP contribution in [-0.4, -0.2) is 48.6 Å². The van der Waals surface area contributed by atoms with Crippen LogP contribution in [-0.2, 0) is 23.8 Å². The van der Waals surface area contributed by atoms with Crippen molar-refractivity contribution in [3.05, 3.63) is 11.6 Å². The lowest BCUT2D eigenvalue weighted by Crippen LogP contribution is -2.71. The number of carboxylic acid groups (broad SMARTS) is 1. The Bertz CT molecular complexity index is 790. The first-order valence-corrected chi connectivity index (χ1v) is 10.7. The molecule has 3 fully saturated rings. The van der Waals surface area contributed by atoms with Gasteiger partial charge in [0.25, 0.3) is 0 Å². The summed E-state index contributed by atoms with van der Waals surface area (Å²) in [4.78, 5) is 24.9. The second-order valence-corrected chi connectivity index (χ2v) is 10.6. The third-order valence-corrected chi connectivity index (χ3v) is 10.2. The molecular weight excluding hydrogens is 372 g/mol. The van der Waals surface area contributed by atoms with Gasteiger partial charge in [-0.1, -0.05) is 20.8 Å². The van der Waals surface area contributed by atoms with Crippen LogP contribution < -0.4 is 0 Å². The monoisotopic (exact) mass is 406 g/mol. The third kappa shape index (κ3) is 2.20.